The minimum absolute atomic E-state index is 0.117. The van der Waals surface area contributed by atoms with Gasteiger partial charge in [-0.15, -0.1) is 0 Å². The van der Waals surface area contributed by atoms with E-state index in [1.165, 1.54) is 51.4 Å². The molecule has 0 spiro atoms. The number of ketones is 1. The SMILES string of the molecule is CNC(=O)c1cnn(CC(=O)C2CCC3C4CCC5CC(COC)CCC5(C)C4CCC23C)c1. The van der Waals surface area contributed by atoms with E-state index >= 15 is 0 Å². The predicted molar refractivity (Wildman–Crippen MR) is 131 cm³/mol. The largest absolute Gasteiger partial charge is 0.384 e. The Morgan fingerprint density at radius 3 is 2.62 bits per heavy atom. The molecule has 1 N–H and O–H groups in total. The molecule has 6 heteroatoms. The Balaban J connectivity index is 1.28. The van der Waals surface area contributed by atoms with Gasteiger partial charge in [-0.1, -0.05) is 13.8 Å². The van der Waals surface area contributed by atoms with Crippen molar-refractivity contribution in [3.8, 4) is 0 Å². The van der Waals surface area contributed by atoms with E-state index in [4.69, 9.17) is 4.74 Å². The molecule has 6 nitrogen and oxygen atoms in total. The van der Waals surface area contributed by atoms with Gasteiger partial charge < -0.3 is 10.1 Å². The maximum Gasteiger partial charge on any atom is 0.254 e. The third-order valence-corrected chi connectivity index (χ3v) is 11.0. The van der Waals surface area contributed by atoms with E-state index in [-0.39, 0.29) is 23.8 Å². The highest BCUT2D eigenvalue weighted by Crippen LogP contribution is 2.67. The number of amides is 1. The van der Waals surface area contributed by atoms with Crippen molar-refractivity contribution >= 4 is 11.7 Å². The van der Waals surface area contributed by atoms with Gasteiger partial charge in [0.1, 0.15) is 0 Å². The van der Waals surface area contributed by atoms with Gasteiger partial charge in [-0.25, -0.2) is 0 Å². The van der Waals surface area contributed by atoms with Crippen molar-refractivity contribution in [3.05, 3.63) is 18.0 Å². The first-order valence-corrected chi connectivity index (χ1v) is 13.6. The number of fused-ring (bicyclic) bond motifs is 5. The number of methoxy groups -OCH3 is 1. The lowest BCUT2D eigenvalue weighted by Crippen LogP contribution is -2.54. The fourth-order valence-electron chi connectivity index (χ4n) is 9.24. The zero-order chi connectivity index (χ0) is 24.1. The van der Waals surface area contributed by atoms with Crippen molar-refractivity contribution in [1.82, 2.24) is 15.1 Å². The predicted octanol–water partition coefficient (Wildman–Crippen LogP) is 4.73. The molecule has 0 aliphatic heterocycles. The molecule has 34 heavy (non-hydrogen) atoms. The molecule has 0 saturated heterocycles. The van der Waals surface area contributed by atoms with Gasteiger partial charge in [-0.05, 0) is 98.2 Å². The molecule has 4 fully saturated rings. The molecule has 8 atom stereocenters. The van der Waals surface area contributed by atoms with Crippen molar-refractivity contribution in [2.45, 2.75) is 78.2 Å². The first kappa shape index (κ1) is 24.0. The van der Waals surface area contributed by atoms with E-state index in [2.05, 4.69) is 24.3 Å². The van der Waals surface area contributed by atoms with Gasteiger partial charge >= 0.3 is 0 Å². The summed E-state index contributed by atoms with van der Waals surface area (Å²) in [5.41, 5.74) is 1.10. The molecule has 1 heterocycles. The van der Waals surface area contributed by atoms with Crippen LogP contribution in [0.4, 0.5) is 0 Å². The number of Topliss-reactive ketones (excluding diaryl/α,β-unsaturated/α-hetero) is 1. The minimum Gasteiger partial charge on any atom is -0.384 e. The summed E-state index contributed by atoms with van der Waals surface area (Å²) < 4.78 is 7.16. The molecule has 1 aromatic heterocycles. The number of aromatic nitrogens is 2. The Labute approximate surface area is 204 Å². The lowest BCUT2D eigenvalue weighted by molar-refractivity contribution is -0.138. The van der Waals surface area contributed by atoms with Crippen molar-refractivity contribution in [1.29, 1.82) is 0 Å². The van der Waals surface area contributed by atoms with Crippen LogP contribution in [0, 0.1) is 46.3 Å². The van der Waals surface area contributed by atoms with Crippen LogP contribution >= 0.6 is 0 Å². The maximum atomic E-state index is 13.5. The average Bonchev–Trinajstić information content (AvgIpc) is 3.43. The van der Waals surface area contributed by atoms with Gasteiger partial charge in [-0.3, -0.25) is 14.3 Å². The molecule has 1 amide bonds. The third-order valence-electron chi connectivity index (χ3n) is 11.0. The van der Waals surface area contributed by atoms with Crippen LogP contribution < -0.4 is 5.32 Å². The first-order valence-electron chi connectivity index (χ1n) is 13.6. The van der Waals surface area contributed by atoms with Crippen molar-refractivity contribution < 1.29 is 14.3 Å². The van der Waals surface area contributed by atoms with Crippen molar-refractivity contribution in [3.63, 3.8) is 0 Å². The number of carbonyl (C=O) groups is 2. The zero-order valence-corrected chi connectivity index (χ0v) is 21.5. The van der Waals surface area contributed by atoms with Crippen LogP contribution in [0.5, 0.6) is 0 Å². The second kappa shape index (κ2) is 9.07. The van der Waals surface area contributed by atoms with Crippen LogP contribution in [0.1, 0.15) is 82.0 Å². The molecule has 4 saturated carbocycles. The number of nitrogens with one attached hydrogen (secondary N) is 1. The molecule has 5 rings (SSSR count). The van der Waals surface area contributed by atoms with Gasteiger partial charge in [0.25, 0.3) is 5.91 Å². The summed E-state index contributed by atoms with van der Waals surface area (Å²) in [5.74, 6) is 4.13. The molecule has 0 bridgehead atoms. The number of hydrogen-bond acceptors (Lipinski definition) is 4. The van der Waals surface area contributed by atoms with Gasteiger partial charge in [-0.2, -0.15) is 5.10 Å². The summed E-state index contributed by atoms with van der Waals surface area (Å²) in [6, 6.07) is 0. The van der Waals surface area contributed by atoms with Crippen LogP contribution in [0.25, 0.3) is 0 Å². The number of rotatable bonds is 6. The van der Waals surface area contributed by atoms with Crippen LogP contribution in [-0.4, -0.2) is 42.2 Å². The summed E-state index contributed by atoms with van der Waals surface area (Å²) in [6.45, 7) is 6.23. The summed E-state index contributed by atoms with van der Waals surface area (Å²) >= 11 is 0. The van der Waals surface area contributed by atoms with Gasteiger partial charge in [0.15, 0.2) is 5.78 Å². The molecule has 0 aromatic carbocycles. The highest BCUT2D eigenvalue weighted by atomic mass is 16.5. The fraction of sp³-hybridized carbons (Fsp3) is 0.821. The van der Waals surface area contributed by atoms with E-state index in [0.717, 1.165) is 36.7 Å². The highest BCUT2D eigenvalue weighted by molar-refractivity contribution is 5.93. The zero-order valence-electron chi connectivity index (χ0n) is 21.5. The summed E-state index contributed by atoms with van der Waals surface area (Å²) in [5, 5.41) is 6.91. The van der Waals surface area contributed by atoms with Crippen LogP contribution in [-0.2, 0) is 16.1 Å². The van der Waals surface area contributed by atoms with E-state index in [1.54, 1.807) is 24.1 Å². The van der Waals surface area contributed by atoms with Gasteiger partial charge in [0, 0.05) is 32.9 Å². The van der Waals surface area contributed by atoms with Crippen molar-refractivity contribution in [2.75, 3.05) is 20.8 Å². The fourth-order valence-corrected chi connectivity index (χ4v) is 9.24. The van der Waals surface area contributed by atoms with E-state index < -0.39 is 0 Å². The number of carbonyl (C=O) groups excluding carboxylic acids is 2. The van der Waals surface area contributed by atoms with E-state index in [1.807, 2.05) is 7.11 Å². The second-order valence-electron chi connectivity index (χ2n) is 12.4. The molecule has 8 unspecified atom stereocenters. The van der Waals surface area contributed by atoms with Crippen LogP contribution in [0.3, 0.4) is 0 Å². The summed E-state index contributed by atoms with van der Waals surface area (Å²) in [4.78, 5) is 25.4. The Bertz CT molecular complexity index is 928. The smallest absolute Gasteiger partial charge is 0.254 e. The van der Waals surface area contributed by atoms with Gasteiger partial charge in [0.05, 0.1) is 18.3 Å². The van der Waals surface area contributed by atoms with Crippen LogP contribution in [0.15, 0.2) is 12.4 Å². The number of hydrogen-bond donors (Lipinski definition) is 1. The number of nitrogens with zero attached hydrogens (tertiary/aromatic N) is 2. The van der Waals surface area contributed by atoms with Gasteiger partial charge in [0.2, 0.25) is 0 Å². The molecule has 0 radical (unpaired) electrons. The quantitative estimate of drug-likeness (QED) is 0.653. The summed E-state index contributed by atoms with van der Waals surface area (Å²) in [7, 11) is 3.46. The Morgan fingerprint density at radius 1 is 1.09 bits per heavy atom. The number of ether oxygens (including phenoxy) is 1. The Morgan fingerprint density at radius 2 is 1.85 bits per heavy atom. The summed E-state index contributed by atoms with van der Waals surface area (Å²) in [6.07, 6.45) is 14.7. The monoisotopic (exact) mass is 469 g/mol. The van der Waals surface area contributed by atoms with E-state index in [0.29, 0.717) is 22.7 Å². The standard InChI is InChI=1S/C28H43N3O3/c1-27-11-9-18(17-34-4)13-20(27)5-6-21-22-7-8-24(28(22,2)12-10-23(21)27)25(32)16-31-15-19(14-30-31)26(33)29-3/h14-15,18,20-24H,5-13,16-17H2,1-4H3,(H,29,33). The maximum absolute atomic E-state index is 13.5. The normalized spacial score (nSPS) is 41.3. The van der Waals surface area contributed by atoms with Crippen LogP contribution in [0.2, 0.25) is 0 Å². The molecule has 4 aliphatic carbocycles. The lowest BCUT2D eigenvalue weighted by Gasteiger charge is -2.61. The Kier molecular flexibility index (Phi) is 6.41. The second-order valence-corrected chi connectivity index (χ2v) is 12.4. The van der Waals surface area contributed by atoms with Crippen molar-refractivity contribution in [2.24, 2.45) is 46.3 Å². The molecule has 188 valence electrons. The third kappa shape index (κ3) is 3.84. The Hall–Kier alpha value is -1.69. The topological polar surface area (TPSA) is 73.2 Å². The minimum atomic E-state index is -0.162. The first-order chi connectivity index (χ1) is 16.3. The molecular weight excluding hydrogens is 426 g/mol. The average molecular weight is 470 g/mol. The molecular formula is C28H43N3O3. The van der Waals surface area contributed by atoms with E-state index in [9.17, 15) is 9.59 Å². The molecule has 1 aromatic rings. The molecule has 4 aliphatic rings. The highest BCUT2D eigenvalue weighted by Gasteiger charge is 2.61. The lowest BCUT2D eigenvalue weighted by atomic mass is 9.44.